The number of rotatable bonds is 4. The molecule has 1 saturated heterocycles. The van der Waals surface area contributed by atoms with Gasteiger partial charge in [-0.05, 0) is 24.3 Å². The van der Waals surface area contributed by atoms with E-state index >= 15 is 0 Å². The van der Waals surface area contributed by atoms with E-state index in [0.29, 0.717) is 24.6 Å². The molecule has 1 atom stereocenters. The maximum absolute atomic E-state index is 12.3. The lowest BCUT2D eigenvalue weighted by atomic mass is 10.1. The van der Waals surface area contributed by atoms with Gasteiger partial charge in [0.1, 0.15) is 5.82 Å². The standard InChI is InChI=1S/C16H17N5O2/c17-14-5-4-12(8-19-14)20-16(23)11-7-15(22)21(9-11)10-13-3-1-2-6-18-13/h1-6,8,11H,7,9-10H2,(H2,17,19)(H,20,23). The molecule has 1 unspecified atom stereocenters. The Balaban J connectivity index is 1.60. The average Bonchev–Trinajstić information content (AvgIpc) is 2.92. The zero-order valence-electron chi connectivity index (χ0n) is 12.5. The summed E-state index contributed by atoms with van der Waals surface area (Å²) < 4.78 is 0. The van der Waals surface area contributed by atoms with Gasteiger partial charge in [-0.2, -0.15) is 0 Å². The Bertz CT molecular complexity index is 702. The number of likely N-dealkylation sites (tertiary alicyclic amines) is 1. The van der Waals surface area contributed by atoms with Crippen molar-refractivity contribution in [3.05, 3.63) is 48.4 Å². The highest BCUT2D eigenvalue weighted by Crippen LogP contribution is 2.21. The topological polar surface area (TPSA) is 101 Å². The summed E-state index contributed by atoms with van der Waals surface area (Å²) in [5, 5.41) is 2.76. The van der Waals surface area contributed by atoms with Gasteiger partial charge in [-0.1, -0.05) is 6.07 Å². The normalized spacial score (nSPS) is 17.3. The van der Waals surface area contributed by atoms with Crippen molar-refractivity contribution in [1.82, 2.24) is 14.9 Å². The molecule has 1 aliphatic rings. The third-order valence-corrected chi connectivity index (χ3v) is 3.72. The van der Waals surface area contributed by atoms with E-state index in [9.17, 15) is 9.59 Å². The monoisotopic (exact) mass is 311 g/mol. The van der Waals surface area contributed by atoms with Crippen LogP contribution in [0.15, 0.2) is 42.7 Å². The quantitative estimate of drug-likeness (QED) is 0.878. The summed E-state index contributed by atoms with van der Waals surface area (Å²) in [4.78, 5) is 34.1. The summed E-state index contributed by atoms with van der Waals surface area (Å²) >= 11 is 0. The predicted molar refractivity (Wildman–Crippen MR) is 85.0 cm³/mol. The average molecular weight is 311 g/mol. The second-order valence-electron chi connectivity index (χ2n) is 5.46. The zero-order chi connectivity index (χ0) is 16.2. The molecule has 7 nitrogen and oxygen atoms in total. The molecule has 2 amide bonds. The second kappa shape index (κ2) is 6.43. The van der Waals surface area contributed by atoms with Gasteiger partial charge in [0.2, 0.25) is 11.8 Å². The molecule has 7 heteroatoms. The Labute approximate surface area is 133 Å². The number of hydrogen-bond donors (Lipinski definition) is 2. The number of nitrogen functional groups attached to an aromatic ring is 1. The van der Waals surface area contributed by atoms with Crippen molar-refractivity contribution >= 4 is 23.3 Å². The number of nitrogens with zero attached hydrogens (tertiary/aromatic N) is 3. The zero-order valence-corrected chi connectivity index (χ0v) is 12.5. The molecule has 3 heterocycles. The van der Waals surface area contributed by atoms with Crippen LogP contribution in [-0.2, 0) is 16.1 Å². The predicted octanol–water partition coefficient (Wildman–Crippen LogP) is 1.05. The third-order valence-electron chi connectivity index (χ3n) is 3.72. The molecule has 0 spiro atoms. The smallest absolute Gasteiger partial charge is 0.229 e. The van der Waals surface area contributed by atoms with Crippen LogP contribution < -0.4 is 11.1 Å². The van der Waals surface area contributed by atoms with Gasteiger partial charge in [0, 0.05) is 19.2 Å². The Morgan fingerprint density at radius 3 is 2.87 bits per heavy atom. The summed E-state index contributed by atoms with van der Waals surface area (Å²) in [6.45, 7) is 0.816. The molecule has 2 aromatic rings. The summed E-state index contributed by atoms with van der Waals surface area (Å²) in [7, 11) is 0. The molecule has 3 rings (SSSR count). The van der Waals surface area contributed by atoms with Gasteiger partial charge >= 0.3 is 0 Å². The Hall–Kier alpha value is -2.96. The van der Waals surface area contributed by atoms with E-state index in [2.05, 4.69) is 15.3 Å². The van der Waals surface area contributed by atoms with Crippen LogP contribution in [0.5, 0.6) is 0 Å². The minimum Gasteiger partial charge on any atom is -0.384 e. The number of anilines is 2. The number of pyridine rings is 2. The van der Waals surface area contributed by atoms with E-state index < -0.39 is 0 Å². The molecular weight excluding hydrogens is 294 g/mol. The van der Waals surface area contributed by atoms with Gasteiger partial charge in [0.15, 0.2) is 0 Å². The minimum atomic E-state index is -0.372. The Morgan fingerprint density at radius 1 is 1.30 bits per heavy atom. The number of carbonyl (C=O) groups excluding carboxylic acids is 2. The molecule has 2 aromatic heterocycles. The second-order valence-corrected chi connectivity index (χ2v) is 5.46. The van der Waals surface area contributed by atoms with Crippen molar-refractivity contribution in [2.24, 2.45) is 5.92 Å². The van der Waals surface area contributed by atoms with Crippen molar-refractivity contribution in [2.75, 3.05) is 17.6 Å². The van der Waals surface area contributed by atoms with Gasteiger partial charge in [-0.25, -0.2) is 4.98 Å². The summed E-state index contributed by atoms with van der Waals surface area (Å²) in [6, 6.07) is 8.86. The molecular formula is C16H17N5O2. The molecule has 0 aliphatic carbocycles. The van der Waals surface area contributed by atoms with E-state index in [1.165, 1.54) is 6.20 Å². The summed E-state index contributed by atoms with van der Waals surface area (Å²) in [5.74, 6) is -0.205. The van der Waals surface area contributed by atoms with Crippen LogP contribution in [-0.4, -0.2) is 33.2 Å². The van der Waals surface area contributed by atoms with Crippen molar-refractivity contribution in [3.63, 3.8) is 0 Å². The number of nitrogens with one attached hydrogen (secondary N) is 1. The molecule has 118 valence electrons. The van der Waals surface area contributed by atoms with Crippen LogP contribution in [0.3, 0.4) is 0 Å². The van der Waals surface area contributed by atoms with Gasteiger partial charge in [-0.15, -0.1) is 0 Å². The fraction of sp³-hybridized carbons (Fsp3) is 0.250. The first-order valence-corrected chi connectivity index (χ1v) is 7.32. The SMILES string of the molecule is Nc1ccc(NC(=O)C2CC(=O)N(Cc3ccccn3)C2)cn1. The Morgan fingerprint density at radius 2 is 2.17 bits per heavy atom. The minimum absolute atomic E-state index is 0.0359. The summed E-state index contributed by atoms with van der Waals surface area (Å²) in [6.07, 6.45) is 3.39. The number of hydrogen-bond acceptors (Lipinski definition) is 5. The van der Waals surface area contributed by atoms with Gasteiger partial charge < -0.3 is 16.0 Å². The fourth-order valence-electron chi connectivity index (χ4n) is 2.51. The van der Waals surface area contributed by atoms with Crippen LogP contribution in [0.4, 0.5) is 11.5 Å². The van der Waals surface area contributed by atoms with Crippen LogP contribution in [0, 0.1) is 5.92 Å². The maximum atomic E-state index is 12.3. The molecule has 23 heavy (non-hydrogen) atoms. The highest BCUT2D eigenvalue weighted by atomic mass is 16.2. The largest absolute Gasteiger partial charge is 0.384 e. The van der Waals surface area contributed by atoms with E-state index in [-0.39, 0.29) is 24.2 Å². The van der Waals surface area contributed by atoms with Gasteiger partial charge in [-0.3, -0.25) is 14.6 Å². The number of carbonyl (C=O) groups is 2. The van der Waals surface area contributed by atoms with Crippen molar-refractivity contribution in [2.45, 2.75) is 13.0 Å². The first-order chi connectivity index (χ1) is 11.1. The molecule has 0 radical (unpaired) electrons. The first-order valence-electron chi connectivity index (χ1n) is 7.32. The molecule has 0 saturated carbocycles. The van der Waals surface area contributed by atoms with Crippen LogP contribution in [0.25, 0.3) is 0 Å². The number of aromatic nitrogens is 2. The molecule has 3 N–H and O–H groups in total. The van der Waals surface area contributed by atoms with Crippen molar-refractivity contribution in [1.29, 1.82) is 0 Å². The molecule has 1 aliphatic heterocycles. The highest BCUT2D eigenvalue weighted by Gasteiger charge is 2.34. The van der Waals surface area contributed by atoms with Gasteiger partial charge in [0.25, 0.3) is 0 Å². The number of amides is 2. The van der Waals surface area contributed by atoms with Gasteiger partial charge in [0.05, 0.1) is 30.0 Å². The fourth-order valence-corrected chi connectivity index (χ4v) is 2.51. The van der Waals surface area contributed by atoms with E-state index in [1.807, 2.05) is 18.2 Å². The third kappa shape index (κ3) is 3.63. The van der Waals surface area contributed by atoms with E-state index in [1.54, 1.807) is 23.2 Å². The highest BCUT2D eigenvalue weighted by molar-refractivity contribution is 5.97. The maximum Gasteiger partial charge on any atom is 0.229 e. The molecule has 0 aromatic carbocycles. The molecule has 0 bridgehead atoms. The van der Waals surface area contributed by atoms with Crippen LogP contribution >= 0.6 is 0 Å². The molecule has 1 fully saturated rings. The summed E-state index contributed by atoms with van der Waals surface area (Å²) in [5.41, 5.74) is 6.89. The van der Waals surface area contributed by atoms with E-state index in [0.717, 1.165) is 5.69 Å². The van der Waals surface area contributed by atoms with E-state index in [4.69, 9.17) is 5.73 Å². The van der Waals surface area contributed by atoms with Crippen molar-refractivity contribution < 1.29 is 9.59 Å². The lowest BCUT2D eigenvalue weighted by Crippen LogP contribution is -2.28. The lowest BCUT2D eigenvalue weighted by Gasteiger charge is -2.16. The van der Waals surface area contributed by atoms with Crippen LogP contribution in [0.2, 0.25) is 0 Å². The van der Waals surface area contributed by atoms with Crippen LogP contribution in [0.1, 0.15) is 12.1 Å². The Kier molecular flexibility index (Phi) is 4.18. The number of nitrogens with two attached hydrogens (primary N) is 1. The lowest BCUT2D eigenvalue weighted by molar-refractivity contribution is -0.128. The van der Waals surface area contributed by atoms with Crippen molar-refractivity contribution in [3.8, 4) is 0 Å². The first kappa shape index (κ1) is 15.0.